The number of rotatable bonds is 8. The first-order valence-electron chi connectivity index (χ1n) is 9.73. The minimum atomic E-state index is -0.379. The molecule has 0 saturated heterocycles. The fourth-order valence-corrected chi connectivity index (χ4v) is 3.10. The number of halogens is 2. The smallest absolute Gasteiger partial charge is 0.221 e. The van der Waals surface area contributed by atoms with Gasteiger partial charge in [-0.2, -0.15) is 0 Å². The number of aliphatic imine (C=N–C) groups is 1. The number of para-hydroxylation sites is 1. The first-order chi connectivity index (χ1) is 13.1. The fraction of sp³-hybridized carbons (Fsp3) is 0.600. The molecule has 28 heavy (non-hydrogen) atoms. The van der Waals surface area contributed by atoms with Gasteiger partial charge >= 0.3 is 0 Å². The number of carbonyl (C=O) groups is 1. The summed E-state index contributed by atoms with van der Waals surface area (Å²) in [4.78, 5) is 16.1. The van der Waals surface area contributed by atoms with E-state index in [-0.39, 0.29) is 47.6 Å². The fourth-order valence-electron chi connectivity index (χ4n) is 3.10. The van der Waals surface area contributed by atoms with Crippen molar-refractivity contribution in [3.05, 3.63) is 30.1 Å². The van der Waals surface area contributed by atoms with Gasteiger partial charge in [-0.1, -0.05) is 31.4 Å². The van der Waals surface area contributed by atoms with Crippen molar-refractivity contribution in [3.8, 4) is 5.75 Å². The molecule has 1 amide bonds. The lowest BCUT2D eigenvalue weighted by Gasteiger charge is -2.23. The van der Waals surface area contributed by atoms with Crippen LogP contribution in [0, 0.1) is 5.82 Å². The van der Waals surface area contributed by atoms with E-state index >= 15 is 0 Å². The minimum Gasteiger partial charge on any atom is -0.486 e. The lowest BCUT2D eigenvalue weighted by molar-refractivity contribution is -0.121. The van der Waals surface area contributed by atoms with E-state index in [1.165, 1.54) is 25.3 Å². The summed E-state index contributed by atoms with van der Waals surface area (Å²) in [6, 6.07) is 6.66. The van der Waals surface area contributed by atoms with Crippen LogP contribution in [0.2, 0.25) is 0 Å². The summed E-state index contributed by atoms with van der Waals surface area (Å²) in [6.45, 7) is 2.81. The number of guanidine groups is 1. The highest BCUT2D eigenvalue weighted by atomic mass is 127. The highest BCUT2D eigenvalue weighted by Gasteiger charge is 2.15. The van der Waals surface area contributed by atoms with Gasteiger partial charge in [-0.15, -0.1) is 24.0 Å². The minimum absolute atomic E-state index is 0. The molecule has 1 fully saturated rings. The molecular weight excluding hydrogens is 474 g/mol. The molecule has 1 aliphatic carbocycles. The Bertz CT molecular complexity index is 624. The SMILES string of the molecule is CN=C(NCCC(=O)NC1CCCCC1)NCC(C)Oc1ccccc1F.I. The Morgan fingerprint density at radius 2 is 1.96 bits per heavy atom. The molecule has 0 bridgehead atoms. The molecule has 8 heteroatoms. The summed E-state index contributed by atoms with van der Waals surface area (Å²) in [7, 11) is 1.67. The van der Waals surface area contributed by atoms with Crippen LogP contribution in [0.5, 0.6) is 5.75 Å². The van der Waals surface area contributed by atoms with Gasteiger partial charge in [0.1, 0.15) is 6.10 Å². The van der Waals surface area contributed by atoms with Crippen LogP contribution in [0.3, 0.4) is 0 Å². The summed E-state index contributed by atoms with van der Waals surface area (Å²) in [6.07, 6.45) is 6.01. The van der Waals surface area contributed by atoms with Crippen LogP contribution in [0.25, 0.3) is 0 Å². The van der Waals surface area contributed by atoms with E-state index in [1.54, 1.807) is 25.2 Å². The normalized spacial score (nSPS) is 15.9. The molecule has 1 aromatic rings. The van der Waals surface area contributed by atoms with Crippen molar-refractivity contribution in [2.24, 2.45) is 4.99 Å². The number of hydrogen-bond donors (Lipinski definition) is 3. The zero-order valence-corrected chi connectivity index (χ0v) is 19.0. The molecule has 6 nitrogen and oxygen atoms in total. The van der Waals surface area contributed by atoms with E-state index < -0.39 is 0 Å². The van der Waals surface area contributed by atoms with Gasteiger partial charge in [-0.25, -0.2) is 4.39 Å². The quantitative estimate of drug-likeness (QED) is 0.288. The Kier molecular flexibility index (Phi) is 11.9. The van der Waals surface area contributed by atoms with Crippen LogP contribution in [0.15, 0.2) is 29.3 Å². The van der Waals surface area contributed by atoms with Gasteiger partial charge in [-0.3, -0.25) is 9.79 Å². The standard InChI is InChI=1S/C20H31FN4O2.HI/c1-15(27-18-11-7-6-10-17(18)21)14-24-20(22-2)23-13-12-19(26)25-16-8-4-3-5-9-16;/h6-7,10-11,15-16H,3-5,8-9,12-14H2,1-2H3,(H,25,26)(H2,22,23,24);1H. The molecule has 0 radical (unpaired) electrons. The zero-order chi connectivity index (χ0) is 19.5. The number of amides is 1. The summed E-state index contributed by atoms with van der Waals surface area (Å²) < 4.78 is 19.2. The van der Waals surface area contributed by atoms with Gasteiger partial charge in [-0.05, 0) is 31.9 Å². The Hall–Kier alpha value is -1.58. The monoisotopic (exact) mass is 506 g/mol. The predicted molar refractivity (Wildman–Crippen MR) is 121 cm³/mol. The summed E-state index contributed by atoms with van der Waals surface area (Å²) >= 11 is 0. The molecular formula is C20H32FIN4O2. The average Bonchev–Trinajstić information content (AvgIpc) is 2.67. The third-order valence-electron chi connectivity index (χ3n) is 4.56. The van der Waals surface area contributed by atoms with Crippen LogP contribution in [-0.4, -0.2) is 44.1 Å². The molecule has 3 N–H and O–H groups in total. The number of nitrogens with zero attached hydrogens (tertiary/aromatic N) is 1. The van der Waals surface area contributed by atoms with Gasteiger partial charge in [0, 0.05) is 26.1 Å². The maximum Gasteiger partial charge on any atom is 0.221 e. The third-order valence-corrected chi connectivity index (χ3v) is 4.56. The molecule has 1 saturated carbocycles. The van der Waals surface area contributed by atoms with Gasteiger partial charge in [0.05, 0.1) is 6.54 Å². The zero-order valence-electron chi connectivity index (χ0n) is 16.7. The van der Waals surface area contributed by atoms with E-state index in [0.717, 1.165) is 12.8 Å². The summed E-state index contributed by atoms with van der Waals surface area (Å²) in [5.41, 5.74) is 0. The van der Waals surface area contributed by atoms with E-state index in [2.05, 4.69) is 20.9 Å². The molecule has 158 valence electrons. The van der Waals surface area contributed by atoms with Crippen LogP contribution in [-0.2, 0) is 4.79 Å². The van der Waals surface area contributed by atoms with Crippen LogP contribution in [0.4, 0.5) is 4.39 Å². The molecule has 1 unspecified atom stereocenters. The van der Waals surface area contributed by atoms with Crippen LogP contribution >= 0.6 is 24.0 Å². The molecule has 0 aromatic heterocycles. The van der Waals surface area contributed by atoms with Crippen LogP contribution in [0.1, 0.15) is 45.4 Å². The second-order valence-electron chi connectivity index (χ2n) is 6.89. The van der Waals surface area contributed by atoms with E-state index in [9.17, 15) is 9.18 Å². The van der Waals surface area contributed by atoms with Crippen molar-refractivity contribution in [1.29, 1.82) is 0 Å². The topological polar surface area (TPSA) is 74.8 Å². The van der Waals surface area contributed by atoms with Crippen molar-refractivity contribution in [2.45, 2.75) is 57.6 Å². The number of carbonyl (C=O) groups excluding carboxylic acids is 1. The van der Waals surface area contributed by atoms with Crippen molar-refractivity contribution < 1.29 is 13.9 Å². The number of hydrogen-bond acceptors (Lipinski definition) is 3. The molecule has 0 aliphatic heterocycles. The number of nitrogens with one attached hydrogen (secondary N) is 3. The Labute approximate surface area is 184 Å². The van der Waals surface area contributed by atoms with Crippen molar-refractivity contribution in [1.82, 2.24) is 16.0 Å². The summed E-state index contributed by atoms with van der Waals surface area (Å²) in [5.74, 6) is 0.510. The van der Waals surface area contributed by atoms with Gasteiger partial charge in [0.15, 0.2) is 17.5 Å². The maximum atomic E-state index is 13.6. The van der Waals surface area contributed by atoms with Crippen molar-refractivity contribution in [3.63, 3.8) is 0 Å². The van der Waals surface area contributed by atoms with Gasteiger partial charge in [0.2, 0.25) is 5.91 Å². The molecule has 1 aliphatic rings. The Morgan fingerprint density at radius 1 is 1.25 bits per heavy atom. The lowest BCUT2D eigenvalue weighted by Crippen LogP contribution is -2.43. The highest BCUT2D eigenvalue weighted by Crippen LogP contribution is 2.17. The predicted octanol–water partition coefficient (Wildman–Crippen LogP) is 3.22. The number of ether oxygens (including phenoxy) is 1. The third kappa shape index (κ3) is 9.07. The lowest BCUT2D eigenvalue weighted by atomic mass is 9.95. The molecule has 1 atom stereocenters. The average molecular weight is 506 g/mol. The van der Waals surface area contributed by atoms with Crippen molar-refractivity contribution >= 4 is 35.8 Å². The maximum absolute atomic E-state index is 13.6. The molecule has 1 aromatic carbocycles. The van der Waals surface area contributed by atoms with Gasteiger partial charge in [0.25, 0.3) is 0 Å². The number of benzene rings is 1. The first kappa shape index (κ1) is 24.5. The van der Waals surface area contributed by atoms with E-state index in [0.29, 0.717) is 31.5 Å². The van der Waals surface area contributed by atoms with Crippen LogP contribution < -0.4 is 20.7 Å². The Morgan fingerprint density at radius 3 is 2.64 bits per heavy atom. The van der Waals surface area contributed by atoms with E-state index in [4.69, 9.17) is 4.74 Å². The highest BCUT2D eigenvalue weighted by molar-refractivity contribution is 14.0. The second-order valence-corrected chi connectivity index (χ2v) is 6.89. The molecule has 0 spiro atoms. The Balaban J connectivity index is 0.00000392. The largest absolute Gasteiger partial charge is 0.486 e. The molecule has 0 heterocycles. The van der Waals surface area contributed by atoms with Gasteiger partial charge < -0.3 is 20.7 Å². The molecule has 2 rings (SSSR count). The second kappa shape index (κ2) is 13.6. The van der Waals surface area contributed by atoms with Crippen molar-refractivity contribution in [2.75, 3.05) is 20.1 Å². The first-order valence-corrected chi connectivity index (χ1v) is 9.73. The van der Waals surface area contributed by atoms with E-state index in [1.807, 2.05) is 6.92 Å². The summed E-state index contributed by atoms with van der Waals surface area (Å²) in [5, 5.41) is 9.34.